The molecule has 0 saturated carbocycles. The lowest BCUT2D eigenvalue weighted by Gasteiger charge is -2.29. The molecule has 0 radical (unpaired) electrons. The molecular weight excluding hydrogens is 402 g/mol. The third kappa shape index (κ3) is 4.49. The molecule has 2 aromatic carbocycles. The van der Waals surface area contributed by atoms with Crippen molar-refractivity contribution in [3.63, 3.8) is 0 Å². The van der Waals surface area contributed by atoms with E-state index in [1.807, 2.05) is 44.2 Å². The number of benzene rings is 2. The molecule has 1 saturated heterocycles. The molecule has 7 heteroatoms. The first-order valence-corrected chi connectivity index (χ1v) is 10.5. The third-order valence-corrected chi connectivity index (χ3v) is 5.55. The first-order valence-electron chi connectivity index (χ1n) is 10.1. The lowest BCUT2D eigenvalue weighted by molar-refractivity contribution is -0.119. The molecule has 156 valence electrons. The van der Waals surface area contributed by atoms with Gasteiger partial charge in [-0.15, -0.1) is 0 Å². The number of nitrogens with zero attached hydrogens (tertiary/aromatic N) is 2. The van der Waals surface area contributed by atoms with Crippen molar-refractivity contribution in [2.75, 3.05) is 6.54 Å². The van der Waals surface area contributed by atoms with Crippen LogP contribution in [0.25, 0.3) is 11.1 Å². The maximum Gasteiger partial charge on any atom is 0.254 e. The van der Waals surface area contributed by atoms with E-state index in [-0.39, 0.29) is 23.9 Å². The summed E-state index contributed by atoms with van der Waals surface area (Å²) in [6.07, 6.45) is 1.80. The number of hydrogen-bond donors (Lipinski definition) is 1. The minimum Gasteiger partial charge on any atom is -0.440 e. The van der Waals surface area contributed by atoms with Crippen LogP contribution in [-0.4, -0.2) is 40.3 Å². The number of oxazole rings is 1. The normalized spacial score (nSPS) is 16.3. The maximum atomic E-state index is 13.2. The van der Waals surface area contributed by atoms with Crippen molar-refractivity contribution in [1.82, 2.24) is 15.2 Å². The van der Waals surface area contributed by atoms with Crippen LogP contribution in [0, 0.1) is 0 Å². The van der Waals surface area contributed by atoms with Gasteiger partial charge in [-0.1, -0.05) is 23.7 Å². The standard InChI is InChI=1S/C23H24ClN3O3/c1-14(2)27(13-18-7-9-21(28)25-18)23(29)16-6-8-19-20(12-16)30-22(26-19)11-15-4-3-5-17(24)10-15/h3-6,8,10,12,14,18H,7,9,11,13H2,1-2H3,(H,25,28)/t18-/m0/s1. The molecule has 6 nitrogen and oxygen atoms in total. The summed E-state index contributed by atoms with van der Waals surface area (Å²) in [5.74, 6) is 0.540. The highest BCUT2D eigenvalue weighted by molar-refractivity contribution is 6.30. The van der Waals surface area contributed by atoms with Gasteiger partial charge in [0.25, 0.3) is 5.91 Å². The van der Waals surface area contributed by atoms with E-state index in [2.05, 4.69) is 10.3 Å². The summed E-state index contributed by atoms with van der Waals surface area (Å²) in [4.78, 5) is 31.0. The number of halogens is 1. The molecule has 2 amide bonds. The van der Waals surface area contributed by atoms with Crippen molar-refractivity contribution < 1.29 is 14.0 Å². The Bertz CT molecular complexity index is 1090. The number of aromatic nitrogens is 1. The van der Waals surface area contributed by atoms with Gasteiger partial charge >= 0.3 is 0 Å². The molecule has 30 heavy (non-hydrogen) atoms. The first kappa shape index (κ1) is 20.4. The van der Waals surface area contributed by atoms with Crippen molar-refractivity contribution >= 4 is 34.5 Å². The third-order valence-electron chi connectivity index (χ3n) is 5.31. The van der Waals surface area contributed by atoms with Gasteiger partial charge in [-0.05, 0) is 56.2 Å². The topological polar surface area (TPSA) is 75.4 Å². The summed E-state index contributed by atoms with van der Waals surface area (Å²) in [7, 11) is 0. The molecule has 0 bridgehead atoms. The van der Waals surface area contributed by atoms with Gasteiger partial charge in [0.15, 0.2) is 11.5 Å². The van der Waals surface area contributed by atoms with Gasteiger partial charge in [-0.2, -0.15) is 0 Å². The quantitative estimate of drug-likeness (QED) is 0.642. The number of fused-ring (bicyclic) bond motifs is 1. The SMILES string of the molecule is CC(C)N(C[C@@H]1CCC(=O)N1)C(=O)c1ccc2nc(Cc3cccc(Cl)c3)oc2c1. The molecule has 0 spiro atoms. The Balaban J connectivity index is 1.54. The highest BCUT2D eigenvalue weighted by Crippen LogP contribution is 2.22. The molecule has 1 aliphatic heterocycles. The van der Waals surface area contributed by atoms with E-state index in [4.69, 9.17) is 16.0 Å². The fourth-order valence-electron chi connectivity index (χ4n) is 3.75. The smallest absolute Gasteiger partial charge is 0.254 e. The predicted molar refractivity (Wildman–Crippen MR) is 116 cm³/mol. The zero-order valence-electron chi connectivity index (χ0n) is 17.0. The highest BCUT2D eigenvalue weighted by Gasteiger charge is 2.27. The van der Waals surface area contributed by atoms with Gasteiger partial charge in [0, 0.05) is 42.1 Å². The van der Waals surface area contributed by atoms with E-state index < -0.39 is 0 Å². The number of hydrogen-bond acceptors (Lipinski definition) is 4. The number of rotatable bonds is 6. The second-order valence-corrected chi connectivity index (χ2v) is 8.39. The lowest BCUT2D eigenvalue weighted by Crippen LogP contribution is -2.45. The Morgan fingerprint density at radius 3 is 2.83 bits per heavy atom. The second kappa shape index (κ2) is 8.48. The lowest BCUT2D eigenvalue weighted by atomic mass is 10.1. The molecule has 4 rings (SSSR count). The van der Waals surface area contributed by atoms with E-state index in [9.17, 15) is 9.59 Å². The van der Waals surface area contributed by atoms with Gasteiger partial charge in [-0.3, -0.25) is 9.59 Å². The number of nitrogens with one attached hydrogen (secondary N) is 1. The van der Waals surface area contributed by atoms with Crippen molar-refractivity contribution in [2.45, 2.75) is 45.2 Å². The Kier molecular flexibility index (Phi) is 5.77. The fourth-order valence-corrected chi connectivity index (χ4v) is 3.96. The number of carbonyl (C=O) groups is 2. The second-order valence-electron chi connectivity index (χ2n) is 7.95. The first-order chi connectivity index (χ1) is 14.4. The van der Waals surface area contributed by atoms with Gasteiger partial charge in [0.2, 0.25) is 5.91 Å². The van der Waals surface area contributed by atoms with Gasteiger partial charge in [-0.25, -0.2) is 4.98 Å². The molecule has 1 fully saturated rings. The minimum atomic E-state index is -0.0826. The van der Waals surface area contributed by atoms with Gasteiger partial charge in [0.05, 0.1) is 0 Å². The molecular formula is C23H24ClN3O3. The summed E-state index contributed by atoms with van der Waals surface area (Å²) < 4.78 is 5.91. The van der Waals surface area contributed by atoms with Crippen LogP contribution in [0.1, 0.15) is 48.5 Å². The van der Waals surface area contributed by atoms with E-state index in [0.29, 0.717) is 47.0 Å². The molecule has 3 aromatic rings. The molecule has 0 aliphatic carbocycles. The van der Waals surface area contributed by atoms with Crippen LogP contribution >= 0.6 is 11.6 Å². The van der Waals surface area contributed by atoms with Crippen LogP contribution in [0.3, 0.4) is 0 Å². The average Bonchev–Trinajstić information content (AvgIpc) is 3.29. The van der Waals surface area contributed by atoms with Crippen molar-refractivity contribution in [2.24, 2.45) is 0 Å². The largest absolute Gasteiger partial charge is 0.440 e. The van der Waals surface area contributed by atoms with E-state index >= 15 is 0 Å². The number of amides is 2. The van der Waals surface area contributed by atoms with Crippen LogP contribution in [0.5, 0.6) is 0 Å². The van der Waals surface area contributed by atoms with Crippen molar-refractivity contribution in [3.8, 4) is 0 Å². The summed E-state index contributed by atoms with van der Waals surface area (Å²) >= 11 is 6.05. The van der Waals surface area contributed by atoms with Crippen molar-refractivity contribution in [1.29, 1.82) is 0 Å². The van der Waals surface area contributed by atoms with Crippen LogP contribution < -0.4 is 5.32 Å². The van der Waals surface area contributed by atoms with Crippen LogP contribution in [0.15, 0.2) is 46.9 Å². The number of carbonyl (C=O) groups excluding carboxylic acids is 2. The monoisotopic (exact) mass is 425 g/mol. The van der Waals surface area contributed by atoms with E-state index in [1.54, 1.807) is 17.0 Å². The summed E-state index contributed by atoms with van der Waals surface area (Å²) in [5.41, 5.74) is 2.85. The van der Waals surface area contributed by atoms with Crippen LogP contribution in [-0.2, 0) is 11.2 Å². The molecule has 0 unspecified atom stereocenters. The highest BCUT2D eigenvalue weighted by atomic mass is 35.5. The molecule has 1 aromatic heterocycles. The van der Waals surface area contributed by atoms with Crippen LogP contribution in [0.4, 0.5) is 0 Å². The fraction of sp³-hybridized carbons (Fsp3) is 0.348. The Morgan fingerprint density at radius 2 is 2.13 bits per heavy atom. The zero-order chi connectivity index (χ0) is 21.3. The van der Waals surface area contributed by atoms with Gasteiger partial charge in [0.1, 0.15) is 5.52 Å². The summed E-state index contributed by atoms with van der Waals surface area (Å²) in [5, 5.41) is 3.60. The Labute approximate surface area is 180 Å². The van der Waals surface area contributed by atoms with Crippen LogP contribution in [0.2, 0.25) is 5.02 Å². The van der Waals surface area contributed by atoms with E-state index in [0.717, 1.165) is 12.0 Å². The predicted octanol–water partition coefficient (Wildman–Crippen LogP) is 4.20. The van der Waals surface area contributed by atoms with Crippen molar-refractivity contribution in [3.05, 3.63) is 64.5 Å². The van der Waals surface area contributed by atoms with E-state index in [1.165, 1.54) is 0 Å². The minimum absolute atomic E-state index is 0.00200. The zero-order valence-corrected chi connectivity index (χ0v) is 17.8. The Morgan fingerprint density at radius 1 is 1.30 bits per heavy atom. The molecule has 1 N–H and O–H groups in total. The Hall–Kier alpha value is -2.86. The molecule has 1 atom stereocenters. The average molecular weight is 426 g/mol. The molecule has 1 aliphatic rings. The maximum absolute atomic E-state index is 13.2. The van der Waals surface area contributed by atoms with Gasteiger partial charge < -0.3 is 14.6 Å². The summed E-state index contributed by atoms with van der Waals surface area (Å²) in [6, 6.07) is 12.9. The molecule has 2 heterocycles. The summed E-state index contributed by atoms with van der Waals surface area (Å²) in [6.45, 7) is 4.45.